The molecule has 0 aromatic heterocycles. The number of methoxy groups -OCH3 is 1. The fraction of sp³-hybridized carbons (Fsp3) is 0.333. The first-order valence-corrected chi connectivity index (χ1v) is 8.69. The van der Waals surface area contributed by atoms with Gasteiger partial charge in [0.25, 0.3) is 0 Å². The summed E-state index contributed by atoms with van der Waals surface area (Å²) in [5, 5.41) is 2.88. The van der Waals surface area contributed by atoms with Crippen molar-refractivity contribution in [2.24, 2.45) is 0 Å². The molecule has 0 aliphatic carbocycles. The number of amides is 2. The lowest BCUT2D eigenvalue weighted by molar-refractivity contribution is -0.134. The molecule has 0 radical (unpaired) electrons. The van der Waals surface area contributed by atoms with Crippen LogP contribution in [0.3, 0.4) is 0 Å². The maximum atomic E-state index is 12.2. The van der Waals surface area contributed by atoms with Crippen molar-refractivity contribution in [1.82, 2.24) is 10.2 Å². The summed E-state index contributed by atoms with van der Waals surface area (Å²) in [7, 11) is 1.63. The second kappa shape index (κ2) is 9.61. The molecule has 2 aromatic carbocycles. The first kappa shape index (κ1) is 19.5. The largest absolute Gasteiger partial charge is 0.497 e. The lowest BCUT2D eigenvalue weighted by Gasteiger charge is -2.21. The minimum Gasteiger partial charge on any atom is -0.497 e. The van der Waals surface area contributed by atoms with Gasteiger partial charge >= 0.3 is 0 Å². The molecule has 5 heteroatoms. The van der Waals surface area contributed by atoms with Gasteiger partial charge in [-0.2, -0.15) is 0 Å². The van der Waals surface area contributed by atoms with Gasteiger partial charge in [-0.05, 0) is 42.2 Å². The summed E-state index contributed by atoms with van der Waals surface area (Å²) in [4.78, 5) is 25.7. The molecule has 2 rings (SSSR count). The highest BCUT2D eigenvalue weighted by Gasteiger charge is 2.14. The van der Waals surface area contributed by atoms with E-state index in [0.29, 0.717) is 19.5 Å². The lowest BCUT2D eigenvalue weighted by atomic mass is 10.1. The van der Waals surface area contributed by atoms with E-state index in [4.69, 9.17) is 4.74 Å². The number of hydrogen-bond acceptors (Lipinski definition) is 3. The Labute approximate surface area is 155 Å². The molecule has 0 aliphatic heterocycles. The third-order valence-electron chi connectivity index (χ3n) is 4.27. The monoisotopic (exact) mass is 354 g/mol. The standard InChI is InChI=1S/C21H26N2O3/c1-16-7-4-5-9-19(16)14-23(17(2)24)15-21(25)22-12-11-18-8-6-10-20(13-18)26-3/h4-10,13H,11-12,14-15H2,1-3H3,(H,22,25). The second-order valence-electron chi connectivity index (χ2n) is 6.25. The molecule has 0 unspecified atom stereocenters. The Morgan fingerprint density at radius 1 is 1.12 bits per heavy atom. The van der Waals surface area contributed by atoms with Crippen LogP contribution in [0.25, 0.3) is 0 Å². The van der Waals surface area contributed by atoms with Gasteiger partial charge in [-0.25, -0.2) is 0 Å². The molecular weight excluding hydrogens is 328 g/mol. The molecule has 2 amide bonds. The highest BCUT2D eigenvalue weighted by molar-refractivity contribution is 5.83. The fourth-order valence-electron chi connectivity index (χ4n) is 2.68. The number of rotatable bonds is 8. The van der Waals surface area contributed by atoms with Gasteiger partial charge < -0.3 is 15.0 Å². The van der Waals surface area contributed by atoms with Crippen molar-refractivity contribution in [3.8, 4) is 5.75 Å². The maximum absolute atomic E-state index is 12.2. The second-order valence-corrected chi connectivity index (χ2v) is 6.25. The molecule has 26 heavy (non-hydrogen) atoms. The number of carbonyl (C=O) groups excluding carboxylic acids is 2. The van der Waals surface area contributed by atoms with Crippen LogP contribution in [0.2, 0.25) is 0 Å². The van der Waals surface area contributed by atoms with Gasteiger partial charge in [0.15, 0.2) is 0 Å². The molecule has 0 atom stereocenters. The summed E-state index contributed by atoms with van der Waals surface area (Å²) in [6, 6.07) is 15.6. The zero-order valence-electron chi connectivity index (χ0n) is 15.6. The van der Waals surface area contributed by atoms with E-state index in [9.17, 15) is 9.59 Å². The summed E-state index contributed by atoms with van der Waals surface area (Å²) in [6.45, 7) is 4.50. The quantitative estimate of drug-likeness (QED) is 0.793. The predicted octanol–water partition coefficient (Wildman–Crippen LogP) is 2.71. The highest BCUT2D eigenvalue weighted by atomic mass is 16.5. The Morgan fingerprint density at radius 3 is 2.58 bits per heavy atom. The van der Waals surface area contributed by atoms with Crippen LogP contribution < -0.4 is 10.1 Å². The summed E-state index contributed by atoms with van der Waals surface area (Å²) in [6.07, 6.45) is 0.709. The van der Waals surface area contributed by atoms with Gasteiger partial charge in [-0.3, -0.25) is 9.59 Å². The van der Waals surface area contributed by atoms with Crippen molar-refractivity contribution in [3.63, 3.8) is 0 Å². The normalized spacial score (nSPS) is 10.3. The SMILES string of the molecule is COc1cccc(CCNC(=O)CN(Cc2ccccc2C)C(C)=O)c1. The summed E-state index contributed by atoms with van der Waals surface area (Å²) in [5.41, 5.74) is 3.25. The Hall–Kier alpha value is -2.82. The van der Waals surface area contributed by atoms with Crippen LogP contribution in [0.15, 0.2) is 48.5 Å². The van der Waals surface area contributed by atoms with Crippen LogP contribution >= 0.6 is 0 Å². The molecule has 0 saturated carbocycles. The molecule has 0 fully saturated rings. The van der Waals surface area contributed by atoms with E-state index in [1.807, 2.05) is 55.5 Å². The Morgan fingerprint density at radius 2 is 1.88 bits per heavy atom. The molecular formula is C21H26N2O3. The Balaban J connectivity index is 1.85. The number of benzene rings is 2. The van der Waals surface area contributed by atoms with E-state index in [-0.39, 0.29) is 18.4 Å². The average Bonchev–Trinajstić information content (AvgIpc) is 2.63. The van der Waals surface area contributed by atoms with Gasteiger partial charge in [-0.1, -0.05) is 36.4 Å². The number of aryl methyl sites for hydroxylation is 1. The van der Waals surface area contributed by atoms with Gasteiger partial charge in [0.05, 0.1) is 13.7 Å². The maximum Gasteiger partial charge on any atom is 0.239 e. The summed E-state index contributed by atoms with van der Waals surface area (Å²) in [5.74, 6) is 0.530. The van der Waals surface area contributed by atoms with Gasteiger partial charge in [0, 0.05) is 20.0 Å². The number of carbonyl (C=O) groups is 2. The van der Waals surface area contributed by atoms with Crippen molar-refractivity contribution in [2.45, 2.75) is 26.8 Å². The predicted molar refractivity (Wildman–Crippen MR) is 102 cm³/mol. The topological polar surface area (TPSA) is 58.6 Å². The molecule has 0 heterocycles. The van der Waals surface area contributed by atoms with Crippen molar-refractivity contribution < 1.29 is 14.3 Å². The van der Waals surface area contributed by atoms with E-state index in [2.05, 4.69) is 5.32 Å². The third kappa shape index (κ3) is 5.92. The van der Waals surface area contributed by atoms with Crippen LogP contribution in [0.4, 0.5) is 0 Å². The van der Waals surface area contributed by atoms with E-state index in [0.717, 1.165) is 22.4 Å². The van der Waals surface area contributed by atoms with Crippen LogP contribution in [0.1, 0.15) is 23.6 Å². The first-order valence-electron chi connectivity index (χ1n) is 8.69. The van der Waals surface area contributed by atoms with Crippen molar-refractivity contribution in [3.05, 3.63) is 65.2 Å². The summed E-state index contributed by atoms with van der Waals surface area (Å²) >= 11 is 0. The molecule has 0 spiro atoms. The van der Waals surface area contributed by atoms with E-state index in [1.165, 1.54) is 6.92 Å². The molecule has 0 bridgehead atoms. The smallest absolute Gasteiger partial charge is 0.239 e. The van der Waals surface area contributed by atoms with Crippen molar-refractivity contribution in [2.75, 3.05) is 20.2 Å². The molecule has 0 aliphatic rings. The Kier molecular flexibility index (Phi) is 7.21. The highest BCUT2D eigenvalue weighted by Crippen LogP contribution is 2.13. The summed E-state index contributed by atoms with van der Waals surface area (Å²) < 4.78 is 5.20. The molecule has 2 aromatic rings. The van der Waals surface area contributed by atoms with Gasteiger partial charge in [0.2, 0.25) is 11.8 Å². The minimum absolute atomic E-state index is 0.0573. The van der Waals surface area contributed by atoms with Gasteiger partial charge in [-0.15, -0.1) is 0 Å². The van der Waals surface area contributed by atoms with E-state index < -0.39 is 0 Å². The molecule has 0 saturated heterocycles. The number of nitrogens with zero attached hydrogens (tertiary/aromatic N) is 1. The number of hydrogen-bond donors (Lipinski definition) is 1. The van der Waals surface area contributed by atoms with E-state index >= 15 is 0 Å². The van der Waals surface area contributed by atoms with Crippen molar-refractivity contribution in [1.29, 1.82) is 0 Å². The van der Waals surface area contributed by atoms with Crippen LogP contribution in [-0.4, -0.2) is 36.9 Å². The zero-order valence-corrected chi connectivity index (χ0v) is 15.6. The molecule has 1 N–H and O–H groups in total. The lowest BCUT2D eigenvalue weighted by Crippen LogP contribution is -2.40. The van der Waals surface area contributed by atoms with Crippen LogP contribution in [0.5, 0.6) is 5.75 Å². The van der Waals surface area contributed by atoms with Crippen molar-refractivity contribution >= 4 is 11.8 Å². The number of nitrogens with one attached hydrogen (secondary N) is 1. The minimum atomic E-state index is -0.156. The molecule has 138 valence electrons. The zero-order chi connectivity index (χ0) is 18.9. The van der Waals surface area contributed by atoms with Gasteiger partial charge in [0.1, 0.15) is 5.75 Å². The molecule has 5 nitrogen and oxygen atoms in total. The first-order chi connectivity index (χ1) is 12.5. The Bertz CT molecular complexity index is 758. The van der Waals surface area contributed by atoms with Crippen LogP contribution in [-0.2, 0) is 22.6 Å². The number of ether oxygens (including phenoxy) is 1. The average molecular weight is 354 g/mol. The van der Waals surface area contributed by atoms with Crippen LogP contribution in [0, 0.1) is 6.92 Å². The van der Waals surface area contributed by atoms with E-state index in [1.54, 1.807) is 12.0 Å². The fourth-order valence-corrected chi connectivity index (χ4v) is 2.68. The third-order valence-corrected chi connectivity index (χ3v) is 4.27.